The van der Waals surface area contributed by atoms with E-state index in [0.717, 1.165) is 24.7 Å². The molecular weight excluding hydrogens is 331 g/mol. The van der Waals surface area contributed by atoms with Crippen LogP contribution in [-0.2, 0) is 0 Å². The molecule has 6 heteroatoms. The van der Waals surface area contributed by atoms with Crippen molar-refractivity contribution in [1.29, 1.82) is 0 Å². The van der Waals surface area contributed by atoms with Crippen LogP contribution in [0.25, 0.3) is 0 Å². The predicted molar refractivity (Wildman–Crippen MR) is 97.2 cm³/mol. The number of aryl methyl sites for hydroxylation is 1. The summed E-state index contributed by atoms with van der Waals surface area (Å²) < 4.78 is 0. The van der Waals surface area contributed by atoms with Crippen LogP contribution in [0.5, 0.6) is 0 Å². The highest BCUT2D eigenvalue weighted by molar-refractivity contribution is 6.39. The Morgan fingerprint density at radius 1 is 1.00 bits per heavy atom. The molecule has 0 amide bonds. The van der Waals surface area contributed by atoms with Gasteiger partial charge >= 0.3 is 0 Å². The highest BCUT2D eigenvalue weighted by atomic mass is 35.5. The zero-order valence-corrected chi connectivity index (χ0v) is 14.7. The molecule has 1 aliphatic rings. The first-order valence-corrected chi connectivity index (χ1v) is 8.71. The van der Waals surface area contributed by atoms with Gasteiger partial charge in [-0.2, -0.15) is 0 Å². The normalized spacial score (nSPS) is 15.3. The zero-order chi connectivity index (χ0) is 16.2. The van der Waals surface area contributed by atoms with Gasteiger partial charge in [-0.25, -0.2) is 9.97 Å². The van der Waals surface area contributed by atoms with Gasteiger partial charge in [-0.05, 0) is 31.9 Å². The SMILES string of the molecule is Cc1nc(Nc2c(Cl)cccc2Cl)cc(N2CCCCCC2)n1. The molecule has 2 aromatic rings. The van der Waals surface area contributed by atoms with Crippen LogP contribution in [0.4, 0.5) is 17.3 Å². The van der Waals surface area contributed by atoms with E-state index in [1.807, 2.05) is 19.1 Å². The van der Waals surface area contributed by atoms with Crippen molar-refractivity contribution in [2.45, 2.75) is 32.6 Å². The highest BCUT2D eigenvalue weighted by Gasteiger charge is 2.14. The molecule has 0 unspecified atom stereocenters. The van der Waals surface area contributed by atoms with Gasteiger partial charge in [-0.15, -0.1) is 0 Å². The van der Waals surface area contributed by atoms with Crippen molar-refractivity contribution in [3.63, 3.8) is 0 Å². The number of rotatable bonds is 3. The Balaban J connectivity index is 1.88. The van der Waals surface area contributed by atoms with E-state index in [4.69, 9.17) is 23.2 Å². The molecule has 1 N–H and O–H groups in total. The molecule has 0 spiro atoms. The van der Waals surface area contributed by atoms with Gasteiger partial charge in [0.15, 0.2) is 0 Å². The molecule has 0 atom stereocenters. The maximum absolute atomic E-state index is 6.23. The minimum absolute atomic E-state index is 0.574. The van der Waals surface area contributed by atoms with Gasteiger partial charge in [0.2, 0.25) is 0 Å². The molecule has 1 fully saturated rings. The number of benzene rings is 1. The summed E-state index contributed by atoms with van der Waals surface area (Å²) in [6.07, 6.45) is 5.01. The Kier molecular flexibility index (Phi) is 5.23. The lowest BCUT2D eigenvalue weighted by molar-refractivity contribution is 0.726. The lowest BCUT2D eigenvalue weighted by Crippen LogP contribution is -2.25. The molecule has 0 saturated carbocycles. The van der Waals surface area contributed by atoms with E-state index in [9.17, 15) is 0 Å². The molecule has 1 aromatic carbocycles. The number of aromatic nitrogens is 2. The smallest absolute Gasteiger partial charge is 0.136 e. The molecule has 0 radical (unpaired) electrons. The average molecular weight is 351 g/mol. The van der Waals surface area contributed by atoms with Crippen LogP contribution in [0, 0.1) is 6.92 Å². The standard InChI is InChI=1S/C17H20Cl2N4/c1-12-20-15(22-17-13(18)7-6-8-14(17)19)11-16(21-12)23-9-4-2-3-5-10-23/h6-8,11H,2-5,9-10H2,1H3,(H,20,21,22). The van der Waals surface area contributed by atoms with E-state index in [0.29, 0.717) is 21.6 Å². The molecule has 1 aliphatic heterocycles. The fourth-order valence-corrected chi connectivity index (χ4v) is 3.31. The number of nitrogens with one attached hydrogen (secondary N) is 1. The number of nitrogens with zero attached hydrogens (tertiary/aromatic N) is 3. The molecular formula is C17H20Cl2N4. The molecule has 0 bridgehead atoms. The summed E-state index contributed by atoms with van der Waals surface area (Å²) in [7, 11) is 0. The van der Waals surface area contributed by atoms with Crippen LogP contribution < -0.4 is 10.2 Å². The minimum Gasteiger partial charge on any atom is -0.356 e. The Morgan fingerprint density at radius 2 is 1.65 bits per heavy atom. The summed E-state index contributed by atoms with van der Waals surface area (Å²) in [6.45, 7) is 3.99. The van der Waals surface area contributed by atoms with Crippen LogP contribution in [-0.4, -0.2) is 23.1 Å². The van der Waals surface area contributed by atoms with Crippen molar-refractivity contribution in [3.8, 4) is 0 Å². The van der Waals surface area contributed by atoms with E-state index >= 15 is 0 Å². The van der Waals surface area contributed by atoms with Crippen molar-refractivity contribution in [3.05, 3.63) is 40.1 Å². The summed E-state index contributed by atoms with van der Waals surface area (Å²) in [5.41, 5.74) is 0.677. The Morgan fingerprint density at radius 3 is 2.30 bits per heavy atom. The first kappa shape index (κ1) is 16.3. The first-order chi connectivity index (χ1) is 11.1. The number of halogens is 2. The van der Waals surface area contributed by atoms with Crippen LogP contribution in [0.1, 0.15) is 31.5 Å². The van der Waals surface area contributed by atoms with E-state index in [1.165, 1.54) is 25.7 Å². The van der Waals surface area contributed by atoms with Gasteiger partial charge in [0.25, 0.3) is 0 Å². The largest absolute Gasteiger partial charge is 0.356 e. The summed E-state index contributed by atoms with van der Waals surface area (Å²) in [5.74, 6) is 2.41. The highest BCUT2D eigenvalue weighted by Crippen LogP contribution is 2.32. The number of hydrogen-bond donors (Lipinski definition) is 1. The maximum Gasteiger partial charge on any atom is 0.136 e. The van der Waals surface area contributed by atoms with E-state index < -0.39 is 0 Å². The third kappa shape index (κ3) is 4.06. The Labute approximate surface area is 146 Å². The third-order valence-electron chi connectivity index (χ3n) is 3.97. The van der Waals surface area contributed by atoms with Crippen LogP contribution in [0.2, 0.25) is 10.0 Å². The van der Waals surface area contributed by atoms with Gasteiger partial charge in [0.05, 0.1) is 15.7 Å². The summed E-state index contributed by atoms with van der Waals surface area (Å²) in [5, 5.41) is 4.38. The van der Waals surface area contributed by atoms with Crippen molar-refractivity contribution in [2.75, 3.05) is 23.3 Å². The number of anilines is 3. The van der Waals surface area contributed by atoms with Gasteiger partial charge in [0, 0.05) is 19.2 Å². The lowest BCUT2D eigenvalue weighted by atomic mass is 10.2. The monoisotopic (exact) mass is 350 g/mol. The second-order valence-electron chi connectivity index (χ2n) is 5.78. The van der Waals surface area contributed by atoms with Gasteiger partial charge in [-0.3, -0.25) is 0 Å². The Hall–Kier alpha value is -1.52. The molecule has 2 heterocycles. The van der Waals surface area contributed by atoms with Crippen LogP contribution in [0.15, 0.2) is 24.3 Å². The van der Waals surface area contributed by atoms with E-state index in [1.54, 1.807) is 12.1 Å². The molecule has 3 rings (SSSR count). The predicted octanol–water partition coefficient (Wildman–Crippen LogP) is 5.22. The average Bonchev–Trinajstić information content (AvgIpc) is 2.80. The van der Waals surface area contributed by atoms with Crippen molar-refractivity contribution >= 4 is 40.5 Å². The van der Waals surface area contributed by atoms with E-state index in [2.05, 4.69) is 20.2 Å². The molecule has 122 valence electrons. The number of hydrogen-bond acceptors (Lipinski definition) is 4. The van der Waals surface area contributed by atoms with Gasteiger partial charge in [-0.1, -0.05) is 42.1 Å². The topological polar surface area (TPSA) is 41.1 Å². The van der Waals surface area contributed by atoms with Crippen LogP contribution >= 0.6 is 23.2 Å². The van der Waals surface area contributed by atoms with Crippen molar-refractivity contribution in [2.24, 2.45) is 0 Å². The molecule has 1 saturated heterocycles. The maximum atomic E-state index is 6.23. The molecule has 1 aromatic heterocycles. The second kappa shape index (κ2) is 7.37. The van der Waals surface area contributed by atoms with Crippen LogP contribution in [0.3, 0.4) is 0 Å². The van der Waals surface area contributed by atoms with Crippen molar-refractivity contribution < 1.29 is 0 Å². The van der Waals surface area contributed by atoms with Crippen molar-refractivity contribution in [1.82, 2.24) is 9.97 Å². The molecule has 23 heavy (non-hydrogen) atoms. The van der Waals surface area contributed by atoms with Gasteiger partial charge < -0.3 is 10.2 Å². The van der Waals surface area contributed by atoms with E-state index in [-0.39, 0.29) is 0 Å². The fraction of sp³-hybridized carbons (Fsp3) is 0.412. The molecule has 4 nitrogen and oxygen atoms in total. The summed E-state index contributed by atoms with van der Waals surface area (Å²) in [4.78, 5) is 11.4. The summed E-state index contributed by atoms with van der Waals surface area (Å²) in [6, 6.07) is 7.40. The molecule has 0 aliphatic carbocycles. The number of para-hydroxylation sites is 1. The first-order valence-electron chi connectivity index (χ1n) is 7.95. The summed E-state index contributed by atoms with van der Waals surface area (Å²) >= 11 is 12.5. The third-order valence-corrected chi connectivity index (χ3v) is 4.60. The second-order valence-corrected chi connectivity index (χ2v) is 6.60. The van der Waals surface area contributed by atoms with Gasteiger partial charge in [0.1, 0.15) is 17.5 Å². The minimum atomic E-state index is 0.574. The zero-order valence-electron chi connectivity index (χ0n) is 13.1. The lowest BCUT2D eigenvalue weighted by Gasteiger charge is -2.22. The Bertz CT molecular complexity index is 662. The fourth-order valence-electron chi connectivity index (χ4n) is 2.82. The quantitative estimate of drug-likeness (QED) is 0.824.